The van der Waals surface area contributed by atoms with Crippen LogP contribution in [0.5, 0.6) is 17.2 Å². The Bertz CT molecular complexity index is 1080. The molecule has 0 spiro atoms. The van der Waals surface area contributed by atoms with E-state index in [4.69, 9.17) is 30.5 Å². The molecule has 1 aliphatic rings. The van der Waals surface area contributed by atoms with Crippen molar-refractivity contribution in [2.24, 2.45) is 4.99 Å². The van der Waals surface area contributed by atoms with E-state index in [1.54, 1.807) is 49.4 Å². The van der Waals surface area contributed by atoms with E-state index in [1.807, 2.05) is 0 Å². The zero-order chi connectivity index (χ0) is 23.3. The van der Waals surface area contributed by atoms with Crippen LogP contribution in [0, 0.1) is 0 Å². The van der Waals surface area contributed by atoms with Gasteiger partial charge in [0.1, 0.15) is 16.4 Å². The molecule has 0 amide bonds. The third-order valence-corrected chi connectivity index (χ3v) is 5.68. The number of carbonyl (C=O) groups is 1. The number of aliphatic imine (C=N–C) groups is 1. The van der Waals surface area contributed by atoms with Crippen LogP contribution in [0.25, 0.3) is 6.08 Å². The third kappa shape index (κ3) is 5.03. The molecule has 2 aromatic rings. The summed E-state index contributed by atoms with van der Waals surface area (Å²) in [7, 11) is 4.56. The first-order valence-corrected chi connectivity index (χ1v) is 10.8. The van der Waals surface area contributed by atoms with E-state index >= 15 is 0 Å². The molecule has 9 heteroatoms. The van der Waals surface area contributed by atoms with Crippen LogP contribution >= 0.6 is 23.4 Å². The number of nitrogens with zero attached hydrogens (tertiary/aromatic N) is 1. The number of hydrogen-bond donors (Lipinski definition) is 1. The first kappa shape index (κ1) is 23.6. The highest BCUT2D eigenvalue weighted by Gasteiger charge is 2.33. The van der Waals surface area contributed by atoms with Crippen molar-refractivity contribution in [2.45, 2.75) is 6.92 Å². The lowest BCUT2D eigenvalue weighted by Gasteiger charge is -2.13. The van der Waals surface area contributed by atoms with Crippen LogP contribution < -0.4 is 14.2 Å². The first-order chi connectivity index (χ1) is 15.4. The normalized spacial score (nSPS) is 15.9. The van der Waals surface area contributed by atoms with Gasteiger partial charge in [-0.2, -0.15) is 0 Å². The quantitative estimate of drug-likeness (QED) is 0.524. The van der Waals surface area contributed by atoms with Gasteiger partial charge in [-0.1, -0.05) is 23.4 Å². The number of thioether (sulfide) groups is 1. The molecular formula is C23H22ClNO6S. The van der Waals surface area contributed by atoms with Gasteiger partial charge in [0.25, 0.3) is 0 Å². The average Bonchev–Trinajstić information content (AvgIpc) is 3.09. The first-order valence-electron chi connectivity index (χ1n) is 9.56. The number of rotatable bonds is 7. The summed E-state index contributed by atoms with van der Waals surface area (Å²) < 4.78 is 21.3. The van der Waals surface area contributed by atoms with Gasteiger partial charge in [0, 0.05) is 5.02 Å². The Kier molecular flexibility index (Phi) is 7.71. The molecule has 1 N–H and O–H groups in total. The minimum absolute atomic E-state index is 0.00508. The summed E-state index contributed by atoms with van der Waals surface area (Å²) in [5.74, 6) is 0.512. The molecule has 2 aromatic carbocycles. The Balaban J connectivity index is 2.08. The second kappa shape index (κ2) is 10.5. The molecule has 7 nitrogen and oxygen atoms in total. The molecule has 0 bridgehead atoms. The number of methoxy groups -OCH3 is 3. The van der Waals surface area contributed by atoms with E-state index in [0.29, 0.717) is 43.5 Å². The number of benzene rings is 2. The fraction of sp³-hybridized carbons (Fsp3) is 0.217. The van der Waals surface area contributed by atoms with Crippen LogP contribution in [0.2, 0.25) is 5.02 Å². The Labute approximate surface area is 195 Å². The van der Waals surface area contributed by atoms with Gasteiger partial charge in [0.2, 0.25) is 5.75 Å². The van der Waals surface area contributed by atoms with Crippen molar-refractivity contribution >= 4 is 46.1 Å². The van der Waals surface area contributed by atoms with Gasteiger partial charge in [0.15, 0.2) is 11.5 Å². The van der Waals surface area contributed by atoms with Crippen molar-refractivity contribution in [3.8, 4) is 17.2 Å². The summed E-state index contributed by atoms with van der Waals surface area (Å²) in [6, 6.07) is 10.3. The average molecular weight is 476 g/mol. The molecule has 0 atom stereocenters. The number of esters is 1. The largest absolute Gasteiger partial charge is 0.506 e. The molecule has 0 unspecified atom stereocenters. The minimum Gasteiger partial charge on any atom is -0.506 e. The molecule has 0 aromatic heterocycles. The van der Waals surface area contributed by atoms with Gasteiger partial charge in [-0.25, -0.2) is 9.79 Å². The van der Waals surface area contributed by atoms with Crippen LogP contribution in [0.1, 0.15) is 12.5 Å². The topological polar surface area (TPSA) is 86.6 Å². The van der Waals surface area contributed by atoms with Crippen molar-refractivity contribution in [2.75, 3.05) is 27.9 Å². The highest BCUT2D eigenvalue weighted by molar-refractivity contribution is 8.18. The molecule has 1 aliphatic heterocycles. The number of ether oxygens (including phenoxy) is 4. The molecular weight excluding hydrogens is 454 g/mol. The predicted molar refractivity (Wildman–Crippen MR) is 127 cm³/mol. The van der Waals surface area contributed by atoms with Crippen molar-refractivity contribution in [3.63, 3.8) is 0 Å². The van der Waals surface area contributed by atoms with Gasteiger partial charge < -0.3 is 24.1 Å². The van der Waals surface area contributed by atoms with Crippen LogP contribution in [-0.2, 0) is 9.53 Å². The van der Waals surface area contributed by atoms with Gasteiger partial charge in [-0.15, -0.1) is 0 Å². The molecule has 0 saturated carbocycles. The second-order valence-electron chi connectivity index (χ2n) is 6.41. The van der Waals surface area contributed by atoms with E-state index in [9.17, 15) is 9.90 Å². The molecule has 0 aliphatic carbocycles. The fourth-order valence-electron chi connectivity index (χ4n) is 2.96. The zero-order valence-electron chi connectivity index (χ0n) is 18.0. The van der Waals surface area contributed by atoms with E-state index in [1.165, 1.54) is 21.3 Å². The summed E-state index contributed by atoms with van der Waals surface area (Å²) in [5.41, 5.74) is 1.26. The fourth-order valence-corrected chi connectivity index (χ4v) is 4.12. The summed E-state index contributed by atoms with van der Waals surface area (Å²) in [4.78, 5) is 17.5. The predicted octanol–water partition coefficient (Wildman–Crippen LogP) is 5.56. The highest BCUT2D eigenvalue weighted by Crippen LogP contribution is 2.43. The third-order valence-electron chi connectivity index (χ3n) is 4.41. The zero-order valence-corrected chi connectivity index (χ0v) is 19.5. The van der Waals surface area contributed by atoms with Crippen LogP contribution in [-0.4, -0.2) is 44.1 Å². The molecule has 168 valence electrons. The standard InChI is InChI=1S/C23H22ClNO6S/c1-5-31-23(27)19-20(26)18(32-22(19)25-15-8-6-14(24)7-9-15)12-13-10-16(28-2)21(30-4)17(11-13)29-3/h6-12,26H,5H2,1-4H3. The van der Waals surface area contributed by atoms with Crippen molar-refractivity contribution < 1.29 is 28.8 Å². The number of carbonyl (C=O) groups excluding carboxylic acids is 1. The van der Waals surface area contributed by atoms with Crippen LogP contribution in [0.4, 0.5) is 5.69 Å². The maximum atomic E-state index is 12.6. The van der Waals surface area contributed by atoms with Gasteiger partial charge in [-0.3, -0.25) is 0 Å². The molecule has 0 saturated heterocycles. The van der Waals surface area contributed by atoms with Crippen molar-refractivity contribution in [3.05, 3.63) is 63.2 Å². The lowest BCUT2D eigenvalue weighted by molar-refractivity contribution is -0.138. The van der Waals surface area contributed by atoms with Gasteiger partial charge >= 0.3 is 5.97 Å². The molecule has 3 rings (SSSR count). The lowest BCUT2D eigenvalue weighted by atomic mass is 10.1. The molecule has 32 heavy (non-hydrogen) atoms. The maximum absolute atomic E-state index is 12.6. The van der Waals surface area contributed by atoms with E-state index in [0.717, 1.165) is 11.8 Å². The second-order valence-corrected chi connectivity index (χ2v) is 7.87. The number of hydrogen-bond acceptors (Lipinski definition) is 8. The molecule has 0 fully saturated rings. The van der Waals surface area contributed by atoms with Crippen LogP contribution in [0.3, 0.4) is 0 Å². The number of aliphatic hydroxyl groups excluding tert-OH is 1. The van der Waals surface area contributed by atoms with Gasteiger partial charge in [-0.05, 0) is 55.0 Å². The van der Waals surface area contributed by atoms with Crippen molar-refractivity contribution in [1.82, 2.24) is 0 Å². The molecule has 1 heterocycles. The number of aliphatic hydroxyl groups is 1. The summed E-state index contributed by atoms with van der Waals surface area (Å²) >= 11 is 7.09. The number of halogens is 1. The monoisotopic (exact) mass is 475 g/mol. The highest BCUT2D eigenvalue weighted by atomic mass is 35.5. The minimum atomic E-state index is -0.654. The van der Waals surface area contributed by atoms with E-state index in [2.05, 4.69) is 4.99 Å². The van der Waals surface area contributed by atoms with Crippen LogP contribution in [0.15, 0.2) is 57.6 Å². The lowest BCUT2D eigenvalue weighted by Crippen LogP contribution is -2.12. The Hall–Kier alpha value is -3.10. The van der Waals surface area contributed by atoms with E-state index in [-0.39, 0.29) is 17.9 Å². The summed E-state index contributed by atoms with van der Waals surface area (Å²) in [6.45, 7) is 1.86. The van der Waals surface area contributed by atoms with Gasteiger partial charge in [0.05, 0.1) is 38.5 Å². The van der Waals surface area contributed by atoms with Crippen molar-refractivity contribution in [1.29, 1.82) is 0 Å². The van der Waals surface area contributed by atoms with E-state index < -0.39 is 5.97 Å². The maximum Gasteiger partial charge on any atom is 0.344 e. The summed E-state index contributed by atoms with van der Waals surface area (Å²) in [6.07, 6.45) is 1.70. The smallest absolute Gasteiger partial charge is 0.344 e. The SMILES string of the molecule is CCOC(=O)C1=C(O)C(=Cc2cc(OC)c(OC)c(OC)c2)SC1=Nc1ccc(Cl)cc1. The Morgan fingerprint density at radius 3 is 2.25 bits per heavy atom. The summed E-state index contributed by atoms with van der Waals surface area (Å²) in [5, 5.41) is 11.7. The molecule has 0 radical (unpaired) electrons. The Morgan fingerprint density at radius 1 is 1.09 bits per heavy atom. The Morgan fingerprint density at radius 2 is 1.72 bits per heavy atom.